The smallest absolute Gasteiger partial charge is 0.127 e. The predicted octanol–water partition coefficient (Wildman–Crippen LogP) is 3.83. The summed E-state index contributed by atoms with van der Waals surface area (Å²) in [6.07, 6.45) is 1.86. The molecule has 0 fully saturated rings. The van der Waals surface area contributed by atoms with Crippen LogP contribution in [0.15, 0.2) is 60.8 Å². The first-order chi connectivity index (χ1) is 9.79. The molecule has 3 nitrogen and oxygen atoms in total. The van der Waals surface area contributed by atoms with Crippen LogP contribution in [0, 0.1) is 13.0 Å². The molecule has 0 atom stereocenters. The van der Waals surface area contributed by atoms with Gasteiger partial charge in [0.2, 0.25) is 0 Å². The highest BCUT2D eigenvalue weighted by Gasteiger charge is 2.01. The molecule has 0 aliphatic heterocycles. The first kappa shape index (κ1) is 12.5. The van der Waals surface area contributed by atoms with Crippen molar-refractivity contribution in [3.8, 4) is 11.5 Å². The number of nitrogens with zero attached hydrogens (tertiary/aromatic N) is 2. The Morgan fingerprint density at radius 2 is 1.85 bits per heavy atom. The van der Waals surface area contributed by atoms with Crippen molar-refractivity contribution in [1.82, 2.24) is 9.78 Å². The Bertz CT molecular complexity index is 689. The van der Waals surface area contributed by atoms with Gasteiger partial charge < -0.3 is 4.74 Å². The summed E-state index contributed by atoms with van der Waals surface area (Å²) in [5.74, 6) is 1.68. The van der Waals surface area contributed by atoms with Crippen LogP contribution in [0.2, 0.25) is 0 Å². The molecular weight excluding hydrogens is 248 g/mol. The zero-order chi connectivity index (χ0) is 13.8. The molecule has 0 saturated heterocycles. The van der Waals surface area contributed by atoms with E-state index in [4.69, 9.17) is 4.74 Å². The van der Waals surface area contributed by atoms with Crippen LogP contribution in [-0.4, -0.2) is 9.78 Å². The van der Waals surface area contributed by atoms with Crippen molar-refractivity contribution in [2.75, 3.05) is 0 Å². The van der Waals surface area contributed by atoms with Gasteiger partial charge in [0.1, 0.15) is 11.5 Å². The third kappa shape index (κ3) is 3.06. The van der Waals surface area contributed by atoms with Crippen LogP contribution >= 0.6 is 0 Å². The van der Waals surface area contributed by atoms with Crippen molar-refractivity contribution < 1.29 is 4.74 Å². The third-order valence-corrected chi connectivity index (χ3v) is 2.92. The van der Waals surface area contributed by atoms with Gasteiger partial charge in [0.15, 0.2) is 0 Å². The van der Waals surface area contributed by atoms with Gasteiger partial charge in [-0.1, -0.05) is 30.3 Å². The van der Waals surface area contributed by atoms with Crippen molar-refractivity contribution in [2.24, 2.45) is 0 Å². The van der Waals surface area contributed by atoms with E-state index < -0.39 is 0 Å². The van der Waals surface area contributed by atoms with Crippen molar-refractivity contribution in [1.29, 1.82) is 0 Å². The number of hydrogen-bond acceptors (Lipinski definition) is 2. The van der Waals surface area contributed by atoms with Gasteiger partial charge in [-0.15, -0.1) is 0 Å². The average molecular weight is 263 g/mol. The van der Waals surface area contributed by atoms with Crippen LogP contribution in [0.4, 0.5) is 0 Å². The number of aryl methyl sites for hydroxylation is 1. The van der Waals surface area contributed by atoms with E-state index in [2.05, 4.69) is 17.2 Å². The van der Waals surface area contributed by atoms with Gasteiger partial charge in [0.05, 0.1) is 12.2 Å². The number of aromatic nitrogens is 2. The van der Waals surface area contributed by atoms with Gasteiger partial charge in [-0.3, -0.25) is 4.68 Å². The minimum absolute atomic E-state index is 0.719. The maximum atomic E-state index is 5.82. The molecule has 0 aliphatic carbocycles. The second kappa shape index (κ2) is 5.61. The van der Waals surface area contributed by atoms with E-state index in [9.17, 15) is 0 Å². The SMILES string of the molecule is Cc1[c]cn(Cc2cccc(Oc3ccccc3)c2)n1. The number of ether oxygens (including phenoxy) is 1. The average Bonchev–Trinajstić information content (AvgIpc) is 2.86. The molecule has 0 spiro atoms. The largest absolute Gasteiger partial charge is 0.457 e. The molecule has 0 unspecified atom stereocenters. The Morgan fingerprint density at radius 1 is 1.05 bits per heavy atom. The van der Waals surface area contributed by atoms with Crippen molar-refractivity contribution in [3.63, 3.8) is 0 Å². The minimum Gasteiger partial charge on any atom is -0.457 e. The summed E-state index contributed by atoms with van der Waals surface area (Å²) in [7, 11) is 0. The molecule has 1 heterocycles. The van der Waals surface area contributed by atoms with E-state index in [0.29, 0.717) is 0 Å². The van der Waals surface area contributed by atoms with Crippen LogP contribution in [0.5, 0.6) is 11.5 Å². The second-order valence-electron chi connectivity index (χ2n) is 4.62. The molecule has 2 aromatic carbocycles. The first-order valence-corrected chi connectivity index (χ1v) is 6.53. The van der Waals surface area contributed by atoms with E-state index in [1.54, 1.807) is 0 Å². The Kier molecular flexibility index (Phi) is 3.50. The lowest BCUT2D eigenvalue weighted by Gasteiger charge is -2.07. The van der Waals surface area contributed by atoms with Gasteiger partial charge in [-0.2, -0.15) is 5.10 Å². The Balaban J connectivity index is 1.76. The quantitative estimate of drug-likeness (QED) is 0.715. The van der Waals surface area contributed by atoms with Crippen molar-refractivity contribution >= 4 is 0 Å². The summed E-state index contributed by atoms with van der Waals surface area (Å²) < 4.78 is 7.70. The first-order valence-electron chi connectivity index (χ1n) is 6.53. The highest BCUT2D eigenvalue weighted by atomic mass is 16.5. The minimum atomic E-state index is 0.719. The number of benzene rings is 2. The standard InChI is InChI=1S/C17H15N2O/c1-14-10-11-19(18-14)13-15-6-5-9-17(12-15)20-16-7-3-2-4-8-16/h2-9,11-12H,13H2,1H3. The normalized spacial score (nSPS) is 10.4. The highest BCUT2D eigenvalue weighted by molar-refractivity contribution is 5.33. The van der Waals surface area contributed by atoms with Gasteiger partial charge >= 0.3 is 0 Å². The molecule has 0 saturated carbocycles. The fourth-order valence-corrected chi connectivity index (χ4v) is 2.02. The van der Waals surface area contributed by atoms with E-state index in [1.807, 2.05) is 66.3 Å². The highest BCUT2D eigenvalue weighted by Crippen LogP contribution is 2.22. The Labute approximate surface area is 118 Å². The topological polar surface area (TPSA) is 27.1 Å². The van der Waals surface area contributed by atoms with Gasteiger partial charge in [0.25, 0.3) is 0 Å². The summed E-state index contributed by atoms with van der Waals surface area (Å²) >= 11 is 0. The van der Waals surface area contributed by atoms with E-state index >= 15 is 0 Å². The van der Waals surface area contributed by atoms with Crippen LogP contribution in [0.3, 0.4) is 0 Å². The summed E-state index contributed by atoms with van der Waals surface area (Å²) in [5, 5.41) is 4.34. The maximum Gasteiger partial charge on any atom is 0.127 e. The zero-order valence-corrected chi connectivity index (χ0v) is 11.3. The lowest BCUT2D eigenvalue weighted by Crippen LogP contribution is -2.00. The van der Waals surface area contributed by atoms with Gasteiger partial charge in [0, 0.05) is 12.3 Å². The van der Waals surface area contributed by atoms with Crippen LogP contribution in [0.25, 0.3) is 0 Å². The van der Waals surface area contributed by atoms with Crippen molar-refractivity contribution in [2.45, 2.75) is 13.5 Å². The number of rotatable bonds is 4. The lowest BCUT2D eigenvalue weighted by atomic mass is 10.2. The van der Waals surface area contributed by atoms with E-state index in [1.165, 1.54) is 0 Å². The molecular formula is C17H15N2O. The molecule has 0 amide bonds. The van der Waals surface area contributed by atoms with E-state index in [-0.39, 0.29) is 0 Å². The molecule has 1 radical (unpaired) electrons. The summed E-state index contributed by atoms with van der Waals surface area (Å²) in [6.45, 7) is 2.65. The van der Waals surface area contributed by atoms with Gasteiger partial charge in [-0.25, -0.2) is 0 Å². The van der Waals surface area contributed by atoms with E-state index in [0.717, 1.165) is 29.3 Å². The molecule has 3 heteroatoms. The third-order valence-electron chi connectivity index (χ3n) is 2.92. The molecule has 3 aromatic rings. The Morgan fingerprint density at radius 3 is 2.60 bits per heavy atom. The summed E-state index contributed by atoms with van der Waals surface area (Å²) in [4.78, 5) is 0. The zero-order valence-electron chi connectivity index (χ0n) is 11.3. The fourth-order valence-electron chi connectivity index (χ4n) is 2.02. The molecule has 3 rings (SSSR count). The molecule has 99 valence electrons. The molecule has 20 heavy (non-hydrogen) atoms. The van der Waals surface area contributed by atoms with Crippen LogP contribution in [0.1, 0.15) is 11.3 Å². The number of hydrogen-bond donors (Lipinski definition) is 0. The summed E-state index contributed by atoms with van der Waals surface area (Å²) in [5.41, 5.74) is 2.05. The predicted molar refractivity (Wildman–Crippen MR) is 77.9 cm³/mol. The molecule has 0 aliphatic rings. The summed E-state index contributed by atoms with van der Waals surface area (Å²) in [6, 6.07) is 20.9. The van der Waals surface area contributed by atoms with Crippen molar-refractivity contribution in [3.05, 3.63) is 78.1 Å². The molecule has 0 N–H and O–H groups in total. The van der Waals surface area contributed by atoms with Crippen LogP contribution in [-0.2, 0) is 6.54 Å². The Hall–Kier alpha value is -2.55. The molecule has 0 bridgehead atoms. The molecule has 1 aromatic heterocycles. The fraction of sp³-hybridized carbons (Fsp3) is 0.118. The monoisotopic (exact) mass is 263 g/mol. The lowest BCUT2D eigenvalue weighted by molar-refractivity contribution is 0.481. The van der Waals surface area contributed by atoms with Gasteiger partial charge in [-0.05, 0) is 36.8 Å². The second-order valence-corrected chi connectivity index (χ2v) is 4.62. The maximum absolute atomic E-state index is 5.82. The van der Waals surface area contributed by atoms with Crippen LogP contribution < -0.4 is 4.74 Å². The number of para-hydroxylation sites is 1.